The second kappa shape index (κ2) is 5.58. The highest BCUT2D eigenvalue weighted by molar-refractivity contribution is 6.33. The fourth-order valence-corrected chi connectivity index (χ4v) is 1.76. The van der Waals surface area contributed by atoms with Gasteiger partial charge < -0.3 is 10.4 Å². The number of nitrogens with zero attached hydrogens (tertiary/aromatic N) is 1. The van der Waals surface area contributed by atoms with Crippen LogP contribution in [0.5, 0.6) is 5.75 Å². The lowest BCUT2D eigenvalue weighted by molar-refractivity contribution is -0.384. The summed E-state index contributed by atoms with van der Waals surface area (Å²) in [7, 11) is 0. The zero-order chi connectivity index (χ0) is 13.8. The third-order valence-corrected chi connectivity index (χ3v) is 2.91. The lowest BCUT2D eigenvalue weighted by Gasteiger charge is -2.08. The molecule has 0 atom stereocenters. The molecule has 0 saturated heterocycles. The molecule has 5 nitrogen and oxygen atoms in total. The first-order valence-corrected chi connectivity index (χ1v) is 5.90. The number of halogens is 1. The molecule has 98 valence electrons. The van der Waals surface area contributed by atoms with Crippen molar-refractivity contribution in [1.82, 2.24) is 0 Å². The average Bonchev–Trinajstić information content (AvgIpc) is 2.39. The Hall–Kier alpha value is -2.27. The van der Waals surface area contributed by atoms with Crippen molar-refractivity contribution in [2.45, 2.75) is 6.54 Å². The predicted octanol–water partition coefficient (Wildman–Crippen LogP) is 3.57. The number of non-ortho nitro benzene ring substituents is 1. The molecular formula is C13H11ClN2O3. The fourth-order valence-electron chi connectivity index (χ4n) is 1.57. The third-order valence-electron chi connectivity index (χ3n) is 2.58. The van der Waals surface area contributed by atoms with Gasteiger partial charge in [0.05, 0.1) is 15.6 Å². The Morgan fingerprint density at radius 2 is 1.89 bits per heavy atom. The Labute approximate surface area is 114 Å². The van der Waals surface area contributed by atoms with E-state index in [4.69, 9.17) is 16.7 Å². The molecule has 2 aromatic rings. The highest BCUT2D eigenvalue weighted by atomic mass is 35.5. The SMILES string of the molecule is O=[N+]([O-])c1ccc(Cl)c(NCc2ccc(O)cc2)c1. The van der Waals surface area contributed by atoms with E-state index in [0.29, 0.717) is 17.3 Å². The molecule has 0 aliphatic heterocycles. The van der Waals surface area contributed by atoms with E-state index >= 15 is 0 Å². The fraction of sp³-hybridized carbons (Fsp3) is 0.0769. The van der Waals surface area contributed by atoms with Crippen molar-refractivity contribution in [3.05, 3.63) is 63.2 Å². The number of nitro groups is 1. The van der Waals surface area contributed by atoms with E-state index in [-0.39, 0.29) is 11.4 Å². The molecule has 0 heterocycles. The summed E-state index contributed by atoms with van der Waals surface area (Å²) in [6.07, 6.45) is 0. The Morgan fingerprint density at radius 1 is 1.21 bits per heavy atom. The average molecular weight is 279 g/mol. The summed E-state index contributed by atoms with van der Waals surface area (Å²) in [6, 6.07) is 10.9. The minimum Gasteiger partial charge on any atom is -0.508 e. The van der Waals surface area contributed by atoms with Gasteiger partial charge >= 0.3 is 0 Å². The number of benzene rings is 2. The molecule has 2 rings (SSSR count). The summed E-state index contributed by atoms with van der Waals surface area (Å²) in [6.45, 7) is 0.459. The molecule has 0 aromatic heterocycles. The summed E-state index contributed by atoms with van der Waals surface area (Å²) >= 11 is 5.97. The lowest BCUT2D eigenvalue weighted by atomic mass is 10.2. The number of hydrogen-bond acceptors (Lipinski definition) is 4. The van der Waals surface area contributed by atoms with E-state index in [1.54, 1.807) is 24.3 Å². The van der Waals surface area contributed by atoms with E-state index in [9.17, 15) is 10.1 Å². The van der Waals surface area contributed by atoms with Gasteiger partial charge in [-0.1, -0.05) is 23.7 Å². The normalized spacial score (nSPS) is 10.2. The molecule has 0 radical (unpaired) electrons. The zero-order valence-corrected chi connectivity index (χ0v) is 10.6. The number of nitro benzene ring substituents is 1. The van der Waals surface area contributed by atoms with Gasteiger partial charge in [0.1, 0.15) is 5.75 Å². The monoisotopic (exact) mass is 278 g/mol. The van der Waals surface area contributed by atoms with Crippen molar-refractivity contribution in [1.29, 1.82) is 0 Å². The number of anilines is 1. The Balaban J connectivity index is 2.12. The van der Waals surface area contributed by atoms with Crippen LogP contribution in [0.15, 0.2) is 42.5 Å². The van der Waals surface area contributed by atoms with Crippen molar-refractivity contribution >= 4 is 23.0 Å². The quantitative estimate of drug-likeness (QED) is 0.662. The van der Waals surface area contributed by atoms with Crippen LogP contribution in [-0.2, 0) is 6.54 Å². The van der Waals surface area contributed by atoms with Gasteiger partial charge in [-0.05, 0) is 23.8 Å². The number of phenols is 1. The maximum absolute atomic E-state index is 10.7. The van der Waals surface area contributed by atoms with E-state index in [1.807, 2.05) is 0 Å². The van der Waals surface area contributed by atoms with E-state index in [1.165, 1.54) is 18.2 Å². The van der Waals surface area contributed by atoms with Crippen LogP contribution in [0.2, 0.25) is 5.02 Å². The van der Waals surface area contributed by atoms with Crippen LogP contribution in [0.4, 0.5) is 11.4 Å². The molecule has 19 heavy (non-hydrogen) atoms. The summed E-state index contributed by atoms with van der Waals surface area (Å²) in [4.78, 5) is 10.2. The number of nitrogens with one attached hydrogen (secondary N) is 1. The van der Waals surface area contributed by atoms with Gasteiger partial charge in [-0.2, -0.15) is 0 Å². The van der Waals surface area contributed by atoms with Gasteiger partial charge in [-0.15, -0.1) is 0 Å². The molecule has 6 heteroatoms. The second-order valence-corrected chi connectivity index (χ2v) is 4.35. The molecule has 0 bridgehead atoms. The number of aromatic hydroxyl groups is 1. The number of phenolic OH excluding ortho intramolecular Hbond substituents is 1. The first-order chi connectivity index (χ1) is 9.06. The lowest BCUT2D eigenvalue weighted by Crippen LogP contribution is -2.00. The van der Waals surface area contributed by atoms with Gasteiger partial charge in [0.25, 0.3) is 5.69 Å². The standard InChI is InChI=1S/C13H11ClN2O3/c14-12-6-3-10(16(18)19)7-13(12)15-8-9-1-4-11(17)5-2-9/h1-7,15,17H,8H2. The van der Waals surface area contributed by atoms with Gasteiger partial charge in [0, 0.05) is 18.7 Å². The molecular weight excluding hydrogens is 268 g/mol. The Kier molecular flexibility index (Phi) is 3.87. The molecule has 0 amide bonds. The van der Waals surface area contributed by atoms with Gasteiger partial charge in [-0.3, -0.25) is 10.1 Å². The van der Waals surface area contributed by atoms with E-state index < -0.39 is 4.92 Å². The predicted molar refractivity (Wildman–Crippen MR) is 73.5 cm³/mol. The van der Waals surface area contributed by atoms with Crippen molar-refractivity contribution < 1.29 is 10.0 Å². The van der Waals surface area contributed by atoms with Crippen molar-refractivity contribution in [2.75, 3.05) is 5.32 Å². The van der Waals surface area contributed by atoms with E-state index in [2.05, 4.69) is 5.32 Å². The topological polar surface area (TPSA) is 75.4 Å². The molecule has 0 aliphatic carbocycles. The molecule has 0 fully saturated rings. The first kappa shape index (κ1) is 13.2. The second-order valence-electron chi connectivity index (χ2n) is 3.94. The highest BCUT2D eigenvalue weighted by Gasteiger charge is 2.09. The number of rotatable bonds is 4. The van der Waals surface area contributed by atoms with Gasteiger partial charge in [0.2, 0.25) is 0 Å². The van der Waals surface area contributed by atoms with Crippen LogP contribution in [-0.4, -0.2) is 10.0 Å². The number of hydrogen-bond donors (Lipinski definition) is 2. The van der Waals surface area contributed by atoms with Crippen LogP contribution < -0.4 is 5.32 Å². The summed E-state index contributed by atoms with van der Waals surface area (Å²) in [5, 5.41) is 23.3. The smallest absolute Gasteiger partial charge is 0.271 e. The van der Waals surface area contributed by atoms with Crippen LogP contribution in [0.1, 0.15) is 5.56 Å². The zero-order valence-electron chi connectivity index (χ0n) is 9.84. The largest absolute Gasteiger partial charge is 0.508 e. The van der Waals surface area contributed by atoms with Crippen LogP contribution in [0.25, 0.3) is 0 Å². The molecule has 0 unspecified atom stereocenters. The maximum atomic E-state index is 10.7. The summed E-state index contributed by atoms with van der Waals surface area (Å²) in [5.74, 6) is 0.192. The first-order valence-electron chi connectivity index (χ1n) is 5.52. The summed E-state index contributed by atoms with van der Waals surface area (Å²) < 4.78 is 0. The molecule has 0 aliphatic rings. The van der Waals surface area contributed by atoms with E-state index in [0.717, 1.165) is 5.56 Å². The molecule has 2 aromatic carbocycles. The van der Waals surface area contributed by atoms with Crippen molar-refractivity contribution in [3.63, 3.8) is 0 Å². The third kappa shape index (κ3) is 3.35. The van der Waals surface area contributed by atoms with Crippen LogP contribution in [0.3, 0.4) is 0 Å². The molecule has 2 N–H and O–H groups in total. The molecule has 0 saturated carbocycles. The Morgan fingerprint density at radius 3 is 2.53 bits per heavy atom. The van der Waals surface area contributed by atoms with Crippen molar-refractivity contribution in [3.8, 4) is 5.75 Å². The highest BCUT2D eigenvalue weighted by Crippen LogP contribution is 2.27. The van der Waals surface area contributed by atoms with Crippen molar-refractivity contribution in [2.24, 2.45) is 0 Å². The minimum absolute atomic E-state index is 0.0161. The Bertz CT molecular complexity index is 599. The van der Waals surface area contributed by atoms with Gasteiger partial charge in [-0.25, -0.2) is 0 Å². The summed E-state index contributed by atoms with van der Waals surface area (Å²) in [5.41, 5.74) is 1.42. The maximum Gasteiger partial charge on any atom is 0.271 e. The van der Waals surface area contributed by atoms with Gasteiger partial charge in [0.15, 0.2) is 0 Å². The van der Waals surface area contributed by atoms with Crippen LogP contribution >= 0.6 is 11.6 Å². The molecule has 0 spiro atoms. The minimum atomic E-state index is -0.470. The van der Waals surface area contributed by atoms with Crippen LogP contribution in [0, 0.1) is 10.1 Å².